The largest absolute Gasteiger partial charge is 0.483 e. The fourth-order valence-corrected chi connectivity index (χ4v) is 3.95. The zero-order valence-electron chi connectivity index (χ0n) is 16.5. The predicted molar refractivity (Wildman–Crippen MR) is 119 cm³/mol. The maximum atomic E-state index is 12.4. The van der Waals surface area contributed by atoms with E-state index in [0.717, 1.165) is 11.1 Å². The first-order valence-electron chi connectivity index (χ1n) is 9.11. The number of ether oxygens (including phenoxy) is 1. The van der Waals surface area contributed by atoms with Crippen LogP contribution in [0.15, 0.2) is 71.6 Å². The molecule has 30 heavy (non-hydrogen) atoms. The fourth-order valence-electron chi connectivity index (χ4n) is 2.67. The molecule has 0 aliphatic rings. The van der Waals surface area contributed by atoms with E-state index in [1.54, 1.807) is 66.7 Å². The number of rotatable bonds is 7. The molecule has 3 aromatic carbocycles. The molecule has 0 spiro atoms. The quantitative estimate of drug-likeness (QED) is 0.549. The summed E-state index contributed by atoms with van der Waals surface area (Å²) < 4.78 is 32.9. The molecule has 8 heteroatoms. The Labute approximate surface area is 180 Å². The lowest BCUT2D eigenvalue weighted by Gasteiger charge is -2.11. The summed E-state index contributed by atoms with van der Waals surface area (Å²) in [5.74, 6) is 0.243. The SMILES string of the molecule is Cc1ccc(S(=O)(=O)Nc2ccc(NC(=O)COc3ccc(Cl)cc3C)cc2)cc1. The first-order valence-corrected chi connectivity index (χ1v) is 11.0. The average Bonchev–Trinajstić information content (AvgIpc) is 2.69. The van der Waals surface area contributed by atoms with Crippen molar-refractivity contribution in [3.63, 3.8) is 0 Å². The van der Waals surface area contributed by atoms with Crippen LogP contribution in [-0.2, 0) is 14.8 Å². The van der Waals surface area contributed by atoms with Gasteiger partial charge in [0.2, 0.25) is 0 Å². The number of nitrogens with one attached hydrogen (secondary N) is 2. The van der Waals surface area contributed by atoms with Crippen LogP contribution in [-0.4, -0.2) is 20.9 Å². The van der Waals surface area contributed by atoms with Crippen LogP contribution in [0.4, 0.5) is 11.4 Å². The maximum Gasteiger partial charge on any atom is 0.262 e. The molecule has 0 fully saturated rings. The molecule has 0 aromatic heterocycles. The van der Waals surface area contributed by atoms with Crippen LogP contribution in [0.2, 0.25) is 5.02 Å². The summed E-state index contributed by atoms with van der Waals surface area (Å²) in [6.45, 7) is 3.57. The van der Waals surface area contributed by atoms with Gasteiger partial charge in [-0.15, -0.1) is 0 Å². The van der Waals surface area contributed by atoms with Crippen LogP contribution in [0.5, 0.6) is 5.75 Å². The average molecular weight is 445 g/mol. The minimum atomic E-state index is -3.68. The van der Waals surface area contributed by atoms with E-state index < -0.39 is 10.0 Å². The van der Waals surface area contributed by atoms with E-state index in [4.69, 9.17) is 16.3 Å². The van der Waals surface area contributed by atoms with Crippen LogP contribution in [0.3, 0.4) is 0 Å². The number of aryl methyl sites for hydroxylation is 2. The van der Waals surface area contributed by atoms with E-state index in [1.165, 1.54) is 0 Å². The van der Waals surface area contributed by atoms with E-state index in [0.29, 0.717) is 22.1 Å². The van der Waals surface area contributed by atoms with Crippen LogP contribution < -0.4 is 14.8 Å². The Kier molecular flexibility index (Phi) is 6.64. The summed E-state index contributed by atoms with van der Waals surface area (Å²) in [5.41, 5.74) is 2.72. The van der Waals surface area contributed by atoms with Crippen LogP contribution >= 0.6 is 11.6 Å². The van der Waals surface area contributed by atoms with Crippen LogP contribution in [0.1, 0.15) is 11.1 Å². The molecule has 0 aliphatic carbocycles. The van der Waals surface area contributed by atoms with Crippen molar-refractivity contribution < 1.29 is 17.9 Å². The van der Waals surface area contributed by atoms with Gasteiger partial charge in [-0.05, 0) is 74.0 Å². The number of amides is 1. The highest BCUT2D eigenvalue weighted by atomic mass is 35.5. The Morgan fingerprint density at radius 3 is 2.20 bits per heavy atom. The topological polar surface area (TPSA) is 84.5 Å². The molecular weight excluding hydrogens is 424 g/mol. The second-order valence-corrected chi connectivity index (χ2v) is 8.86. The Hall–Kier alpha value is -3.03. The summed E-state index contributed by atoms with van der Waals surface area (Å²) in [6, 6.07) is 18.1. The summed E-state index contributed by atoms with van der Waals surface area (Å²) in [4.78, 5) is 12.3. The second-order valence-electron chi connectivity index (χ2n) is 6.74. The van der Waals surface area contributed by atoms with Gasteiger partial charge in [0.25, 0.3) is 15.9 Å². The van der Waals surface area contributed by atoms with Gasteiger partial charge in [-0.2, -0.15) is 0 Å². The number of anilines is 2. The molecule has 0 unspecified atom stereocenters. The lowest BCUT2D eigenvalue weighted by molar-refractivity contribution is -0.118. The van der Waals surface area contributed by atoms with Crippen molar-refractivity contribution in [2.45, 2.75) is 18.7 Å². The van der Waals surface area contributed by atoms with Gasteiger partial charge in [-0.1, -0.05) is 29.3 Å². The summed E-state index contributed by atoms with van der Waals surface area (Å²) in [5, 5.41) is 3.30. The number of benzene rings is 3. The fraction of sp³-hybridized carbons (Fsp3) is 0.136. The van der Waals surface area contributed by atoms with Crippen molar-refractivity contribution in [1.82, 2.24) is 0 Å². The molecule has 0 aliphatic heterocycles. The minimum Gasteiger partial charge on any atom is -0.483 e. The van der Waals surface area contributed by atoms with Gasteiger partial charge in [0.05, 0.1) is 4.90 Å². The molecule has 156 valence electrons. The van der Waals surface area contributed by atoms with Crippen LogP contribution in [0, 0.1) is 13.8 Å². The molecule has 0 bridgehead atoms. The number of halogens is 1. The third-order valence-electron chi connectivity index (χ3n) is 4.25. The van der Waals surface area contributed by atoms with Crippen molar-refractivity contribution in [2.75, 3.05) is 16.6 Å². The van der Waals surface area contributed by atoms with E-state index >= 15 is 0 Å². The number of hydrogen-bond donors (Lipinski definition) is 2. The number of hydrogen-bond acceptors (Lipinski definition) is 4. The van der Waals surface area contributed by atoms with Crippen molar-refractivity contribution in [3.8, 4) is 5.75 Å². The molecule has 0 radical (unpaired) electrons. The third kappa shape index (κ3) is 5.75. The maximum absolute atomic E-state index is 12.4. The molecule has 0 saturated carbocycles. The number of carbonyl (C=O) groups is 1. The Balaban J connectivity index is 1.57. The highest BCUT2D eigenvalue weighted by Gasteiger charge is 2.14. The molecule has 0 saturated heterocycles. The van der Waals surface area contributed by atoms with Gasteiger partial charge < -0.3 is 10.1 Å². The van der Waals surface area contributed by atoms with E-state index in [1.807, 2.05) is 13.8 Å². The number of carbonyl (C=O) groups excluding carboxylic acids is 1. The van der Waals surface area contributed by atoms with Gasteiger partial charge >= 0.3 is 0 Å². The number of sulfonamides is 1. The molecule has 0 heterocycles. The first-order chi connectivity index (χ1) is 14.2. The standard InChI is InChI=1S/C22H21ClN2O4S/c1-15-3-10-20(11-4-15)30(27,28)25-19-8-6-18(7-9-19)24-22(26)14-29-21-12-5-17(23)13-16(21)2/h3-13,25H,14H2,1-2H3,(H,24,26). The molecular formula is C22H21ClN2O4S. The Bertz CT molecular complexity index is 1140. The van der Waals surface area contributed by atoms with Crippen molar-refractivity contribution in [2.24, 2.45) is 0 Å². The monoisotopic (exact) mass is 444 g/mol. The van der Waals surface area contributed by atoms with E-state index in [-0.39, 0.29) is 17.4 Å². The molecule has 6 nitrogen and oxygen atoms in total. The summed E-state index contributed by atoms with van der Waals surface area (Å²) >= 11 is 5.90. The van der Waals surface area contributed by atoms with Crippen molar-refractivity contribution in [3.05, 3.63) is 82.9 Å². The zero-order valence-corrected chi connectivity index (χ0v) is 18.0. The lowest BCUT2D eigenvalue weighted by Crippen LogP contribution is -2.20. The molecule has 1 amide bonds. The zero-order chi connectivity index (χ0) is 21.7. The minimum absolute atomic E-state index is 0.162. The van der Waals surface area contributed by atoms with Crippen molar-refractivity contribution >= 4 is 38.9 Å². The van der Waals surface area contributed by atoms with Gasteiger partial charge in [0.15, 0.2) is 6.61 Å². The predicted octanol–water partition coefficient (Wildman–Crippen LogP) is 4.78. The van der Waals surface area contributed by atoms with Gasteiger partial charge in [-0.3, -0.25) is 9.52 Å². The lowest BCUT2D eigenvalue weighted by atomic mass is 10.2. The molecule has 2 N–H and O–H groups in total. The Morgan fingerprint density at radius 2 is 1.57 bits per heavy atom. The first kappa shape index (κ1) is 21.7. The van der Waals surface area contributed by atoms with E-state index in [9.17, 15) is 13.2 Å². The molecule has 3 rings (SSSR count). The van der Waals surface area contributed by atoms with Gasteiger partial charge in [0, 0.05) is 16.4 Å². The van der Waals surface area contributed by atoms with Gasteiger partial charge in [0.1, 0.15) is 5.75 Å². The molecule has 3 aromatic rings. The second kappa shape index (κ2) is 9.19. The molecule has 0 atom stereocenters. The highest BCUT2D eigenvalue weighted by molar-refractivity contribution is 7.92. The van der Waals surface area contributed by atoms with Crippen molar-refractivity contribution in [1.29, 1.82) is 0 Å². The summed E-state index contributed by atoms with van der Waals surface area (Å²) in [7, 11) is -3.68. The highest BCUT2D eigenvalue weighted by Crippen LogP contribution is 2.22. The normalized spacial score (nSPS) is 11.0. The van der Waals surface area contributed by atoms with E-state index in [2.05, 4.69) is 10.0 Å². The third-order valence-corrected chi connectivity index (χ3v) is 5.88. The van der Waals surface area contributed by atoms with Crippen LogP contribution in [0.25, 0.3) is 0 Å². The Morgan fingerprint density at radius 1 is 0.933 bits per heavy atom. The smallest absolute Gasteiger partial charge is 0.262 e. The summed E-state index contributed by atoms with van der Waals surface area (Å²) in [6.07, 6.45) is 0. The van der Waals surface area contributed by atoms with Gasteiger partial charge in [-0.25, -0.2) is 8.42 Å².